The van der Waals surface area contributed by atoms with Gasteiger partial charge in [0.05, 0.1) is 5.02 Å². The fourth-order valence-corrected chi connectivity index (χ4v) is 1.49. The first kappa shape index (κ1) is 12.8. The van der Waals surface area contributed by atoms with Gasteiger partial charge in [0.25, 0.3) is 0 Å². The van der Waals surface area contributed by atoms with Crippen LogP contribution in [-0.2, 0) is 6.54 Å². The van der Waals surface area contributed by atoms with Crippen molar-refractivity contribution in [2.24, 2.45) is 0 Å². The van der Waals surface area contributed by atoms with E-state index in [1.807, 2.05) is 30.3 Å². The van der Waals surface area contributed by atoms with E-state index in [9.17, 15) is 0 Å². The van der Waals surface area contributed by atoms with Crippen molar-refractivity contribution in [1.82, 2.24) is 4.98 Å². The van der Waals surface area contributed by atoms with Gasteiger partial charge in [0.2, 0.25) is 0 Å². The zero-order chi connectivity index (χ0) is 10.5. The molecule has 1 aromatic carbocycles. The third kappa shape index (κ3) is 3.40. The topological polar surface area (TPSA) is 24.9 Å². The van der Waals surface area contributed by atoms with E-state index in [-0.39, 0.29) is 12.4 Å². The summed E-state index contributed by atoms with van der Waals surface area (Å²) in [5.74, 6) is 0.725. The lowest BCUT2D eigenvalue weighted by Gasteiger charge is -2.06. The first-order valence-electron chi connectivity index (χ1n) is 4.74. The lowest BCUT2D eigenvalue weighted by Crippen LogP contribution is -2.01. The van der Waals surface area contributed by atoms with Gasteiger partial charge in [0.1, 0.15) is 5.82 Å². The molecular formula is C12H12Cl2N2. The van der Waals surface area contributed by atoms with Crippen molar-refractivity contribution < 1.29 is 0 Å². The monoisotopic (exact) mass is 254 g/mol. The highest BCUT2D eigenvalue weighted by atomic mass is 35.5. The largest absolute Gasteiger partial charge is 0.365 e. The van der Waals surface area contributed by atoms with Crippen molar-refractivity contribution in [3.63, 3.8) is 0 Å². The smallest absolute Gasteiger partial charge is 0.145 e. The Morgan fingerprint density at radius 1 is 1.06 bits per heavy atom. The van der Waals surface area contributed by atoms with Crippen molar-refractivity contribution >= 4 is 29.8 Å². The molecule has 0 aliphatic heterocycles. The summed E-state index contributed by atoms with van der Waals surface area (Å²) < 4.78 is 0. The Morgan fingerprint density at radius 3 is 2.50 bits per heavy atom. The molecule has 0 unspecified atom stereocenters. The predicted molar refractivity (Wildman–Crippen MR) is 70.3 cm³/mol. The molecule has 0 aliphatic carbocycles. The lowest BCUT2D eigenvalue weighted by atomic mass is 10.2. The predicted octanol–water partition coefficient (Wildman–Crippen LogP) is 3.77. The van der Waals surface area contributed by atoms with Gasteiger partial charge in [-0.15, -0.1) is 12.4 Å². The summed E-state index contributed by atoms with van der Waals surface area (Å²) in [6, 6.07) is 13.8. The summed E-state index contributed by atoms with van der Waals surface area (Å²) in [7, 11) is 0. The van der Waals surface area contributed by atoms with Gasteiger partial charge < -0.3 is 5.32 Å². The quantitative estimate of drug-likeness (QED) is 0.902. The van der Waals surface area contributed by atoms with Gasteiger partial charge >= 0.3 is 0 Å². The van der Waals surface area contributed by atoms with Gasteiger partial charge in [-0.3, -0.25) is 0 Å². The van der Waals surface area contributed by atoms with Crippen molar-refractivity contribution in [2.45, 2.75) is 6.54 Å². The third-order valence-corrected chi connectivity index (χ3v) is 2.37. The maximum Gasteiger partial charge on any atom is 0.145 e. The van der Waals surface area contributed by atoms with Gasteiger partial charge in [-0.2, -0.15) is 0 Å². The van der Waals surface area contributed by atoms with Crippen molar-refractivity contribution in [1.29, 1.82) is 0 Å². The highest BCUT2D eigenvalue weighted by Crippen LogP contribution is 2.17. The molecule has 1 heterocycles. The van der Waals surface area contributed by atoms with Crippen LogP contribution >= 0.6 is 24.0 Å². The van der Waals surface area contributed by atoms with Crippen molar-refractivity contribution in [3.05, 3.63) is 59.2 Å². The van der Waals surface area contributed by atoms with Crippen LogP contribution in [0.3, 0.4) is 0 Å². The number of benzene rings is 1. The van der Waals surface area contributed by atoms with E-state index in [2.05, 4.69) is 22.4 Å². The second-order valence-electron chi connectivity index (χ2n) is 3.17. The molecule has 0 fully saturated rings. The minimum Gasteiger partial charge on any atom is -0.365 e. The molecule has 16 heavy (non-hydrogen) atoms. The molecule has 2 nitrogen and oxygen atoms in total. The minimum absolute atomic E-state index is 0. The molecule has 1 N–H and O–H groups in total. The first-order chi connectivity index (χ1) is 7.36. The van der Waals surface area contributed by atoms with E-state index in [4.69, 9.17) is 11.6 Å². The molecule has 2 aromatic rings. The molecule has 0 saturated heterocycles. The Balaban J connectivity index is 0.00000128. The summed E-state index contributed by atoms with van der Waals surface area (Å²) in [6.45, 7) is 0.734. The molecule has 0 radical (unpaired) electrons. The molecule has 2 rings (SSSR count). The Kier molecular flexibility index (Phi) is 5.09. The van der Waals surface area contributed by atoms with Gasteiger partial charge in [0.15, 0.2) is 0 Å². The van der Waals surface area contributed by atoms with Gasteiger partial charge in [-0.1, -0.05) is 41.9 Å². The second-order valence-corrected chi connectivity index (χ2v) is 3.58. The van der Waals surface area contributed by atoms with Crippen molar-refractivity contribution in [2.75, 3.05) is 5.32 Å². The van der Waals surface area contributed by atoms with E-state index >= 15 is 0 Å². The van der Waals surface area contributed by atoms with Crippen LogP contribution in [-0.4, -0.2) is 4.98 Å². The molecular weight excluding hydrogens is 243 g/mol. The van der Waals surface area contributed by atoms with Crippen LogP contribution < -0.4 is 5.32 Å². The average Bonchev–Trinajstić information content (AvgIpc) is 2.29. The Labute approximate surface area is 106 Å². The number of anilines is 1. The van der Waals surface area contributed by atoms with Crippen LogP contribution in [0.2, 0.25) is 5.02 Å². The number of aromatic nitrogens is 1. The first-order valence-corrected chi connectivity index (χ1v) is 5.12. The summed E-state index contributed by atoms with van der Waals surface area (Å²) in [5, 5.41) is 3.83. The molecule has 4 heteroatoms. The Morgan fingerprint density at radius 2 is 1.81 bits per heavy atom. The third-order valence-electron chi connectivity index (χ3n) is 2.06. The zero-order valence-electron chi connectivity index (χ0n) is 8.56. The molecule has 0 saturated carbocycles. The number of halogens is 2. The fourth-order valence-electron chi connectivity index (χ4n) is 1.30. The summed E-state index contributed by atoms with van der Waals surface area (Å²) in [5.41, 5.74) is 1.21. The number of pyridine rings is 1. The van der Waals surface area contributed by atoms with Crippen LogP contribution in [0.5, 0.6) is 0 Å². The van der Waals surface area contributed by atoms with E-state index in [0.29, 0.717) is 5.02 Å². The maximum absolute atomic E-state index is 5.97. The van der Waals surface area contributed by atoms with E-state index in [0.717, 1.165) is 12.4 Å². The standard InChI is InChI=1S/C12H11ClN2.ClH/c13-11-7-4-8-14-12(11)15-9-10-5-2-1-3-6-10;/h1-8H,9H2,(H,14,15);1H. The van der Waals surface area contributed by atoms with Crippen LogP contribution in [0.1, 0.15) is 5.56 Å². The number of hydrogen-bond acceptors (Lipinski definition) is 2. The minimum atomic E-state index is 0. The van der Waals surface area contributed by atoms with Crippen molar-refractivity contribution in [3.8, 4) is 0 Å². The molecule has 0 amide bonds. The van der Waals surface area contributed by atoms with Gasteiger partial charge in [0, 0.05) is 12.7 Å². The fraction of sp³-hybridized carbons (Fsp3) is 0.0833. The number of nitrogens with zero attached hydrogens (tertiary/aromatic N) is 1. The number of rotatable bonds is 3. The van der Waals surface area contributed by atoms with E-state index < -0.39 is 0 Å². The molecule has 0 atom stereocenters. The highest BCUT2D eigenvalue weighted by molar-refractivity contribution is 6.32. The van der Waals surface area contributed by atoms with Crippen LogP contribution in [0.4, 0.5) is 5.82 Å². The molecule has 1 aromatic heterocycles. The maximum atomic E-state index is 5.97. The molecule has 84 valence electrons. The highest BCUT2D eigenvalue weighted by Gasteiger charge is 1.98. The normalized spacial score (nSPS) is 9.31. The van der Waals surface area contributed by atoms with Crippen LogP contribution in [0.15, 0.2) is 48.7 Å². The van der Waals surface area contributed by atoms with Crippen LogP contribution in [0, 0.1) is 0 Å². The molecule has 0 spiro atoms. The molecule has 0 aliphatic rings. The second kappa shape index (κ2) is 6.36. The Hall–Kier alpha value is -1.25. The zero-order valence-corrected chi connectivity index (χ0v) is 10.1. The Bertz CT molecular complexity index is 432. The summed E-state index contributed by atoms with van der Waals surface area (Å²) in [6.07, 6.45) is 1.72. The summed E-state index contributed by atoms with van der Waals surface area (Å²) in [4.78, 5) is 4.15. The average molecular weight is 255 g/mol. The lowest BCUT2D eigenvalue weighted by molar-refractivity contribution is 1.11. The number of hydrogen-bond donors (Lipinski definition) is 1. The van der Waals surface area contributed by atoms with Crippen LogP contribution in [0.25, 0.3) is 0 Å². The SMILES string of the molecule is Cl.Clc1cccnc1NCc1ccccc1. The van der Waals surface area contributed by atoms with Gasteiger partial charge in [-0.05, 0) is 17.7 Å². The molecule has 0 bridgehead atoms. The van der Waals surface area contributed by atoms with E-state index in [1.54, 1.807) is 6.20 Å². The van der Waals surface area contributed by atoms with Gasteiger partial charge in [-0.25, -0.2) is 4.98 Å². The number of nitrogens with one attached hydrogen (secondary N) is 1. The van der Waals surface area contributed by atoms with E-state index in [1.165, 1.54) is 5.56 Å². The summed E-state index contributed by atoms with van der Waals surface area (Å²) >= 11 is 5.97.